The molecule has 0 rings (SSSR count). The lowest BCUT2D eigenvalue weighted by atomic mass is 10.4. The van der Waals surface area contributed by atoms with Gasteiger partial charge in [-0.3, -0.25) is 8.63 Å². The van der Waals surface area contributed by atoms with Crippen LogP contribution in [0.5, 0.6) is 0 Å². The van der Waals surface area contributed by atoms with Crippen molar-refractivity contribution in [1.29, 1.82) is 0 Å². The molecule has 0 aliphatic carbocycles. The maximum Gasteiger partial charge on any atom is 0.721 e. The summed E-state index contributed by atoms with van der Waals surface area (Å²) >= 11 is 0. The minimum absolute atomic E-state index is 0.516. The third-order valence-electron chi connectivity index (χ3n) is 0.321. The first-order chi connectivity index (χ1) is 3.27. The maximum atomic E-state index is 10.9. The summed E-state index contributed by atoms with van der Waals surface area (Å²) in [5.41, 5.74) is 0. The minimum atomic E-state index is -2.84. The summed E-state index contributed by atoms with van der Waals surface area (Å²) in [6.45, 7) is -1.37. The highest BCUT2D eigenvalue weighted by Gasteiger charge is 2.12. The van der Waals surface area contributed by atoms with Gasteiger partial charge in [0.05, 0.1) is 6.61 Å². The highest BCUT2D eigenvalue weighted by molar-refractivity contribution is 6.34. The van der Waals surface area contributed by atoms with Crippen LogP contribution in [0.3, 0.4) is 0 Å². The smallest absolute Gasteiger partial charge is 0.376 e. The molecule has 0 aromatic carbocycles. The van der Waals surface area contributed by atoms with Crippen LogP contribution >= 0.6 is 0 Å². The molecule has 0 N–H and O–H groups in total. The fraction of sp³-hybridized carbons (Fsp3) is 1.00. The van der Waals surface area contributed by atoms with Crippen LogP contribution in [0.15, 0.2) is 0 Å². The van der Waals surface area contributed by atoms with Crippen molar-refractivity contribution in [3.05, 3.63) is 0 Å². The van der Waals surface area contributed by atoms with Crippen LogP contribution in [0.4, 0.5) is 13.0 Å². The molecule has 0 aromatic rings. The van der Waals surface area contributed by atoms with Crippen molar-refractivity contribution in [2.45, 2.75) is 0 Å². The Hall–Kier alpha value is -0.185. The molecule has 0 heterocycles. The second-order valence-corrected chi connectivity index (χ2v) is 0.820. The molecular formula is C2H4BF3O. The van der Waals surface area contributed by atoms with E-state index in [4.69, 9.17) is 0 Å². The van der Waals surface area contributed by atoms with Crippen molar-refractivity contribution in [1.82, 2.24) is 0 Å². The lowest BCUT2D eigenvalue weighted by molar-refractivity contribution is 0.227. The van der Waals surface area contributed by atoms with E-state index in [0.29, 0.717) is 0 Å². The summed E-state index contributed by atoms with van der Waals surface area (Å²) in [5, 5.41) is 0. The Labute approximate surface area is 39.7 Å². The summed E-state index contributed by atoms with van der Waals surface area (Å²) in [7, 11) is -2.84. The SMILES string of the molecule is FCCOB(F)F. The van der Waals surface area contributed by atoms with Crippen LogP contribution in [0, 0.1) is 0 Å². The summed E-state index contributed by atoms with van der Waals surface area (Å²) in [6, 6.07) is 0. The monoisotopic (exact) mass is 112 g/mol. The molecule has 0 saturated carbocycles. The van der Waals surface area contributed by atoms with Crippen LogP contribution in [-0.2, 0) is 4.65 Å². The van der Waals surface area contributed by atoms with Crippen molar-refractivity contribution in [2.24, 2.45) is 0 Å². The molecule has 0 amide bonds. The average Bonchev–Trinajstić information content (AvgIpc) is 1.61. The third-order valence-corrected chi connectivity index (χ3v) is 0.321. The zero-order valence-electron chi connectivity index (χ0n) is 3.53. The van der Waals surface area contributed by atoms with Gasteiger partial charge in [0.2, 0.25) is 0 Å². The predicted octanol–water partition coefficient (Wildman–Crippen LogP) is 0.896. The van der Waals surface area contributed by atoms with E-state index in [1.165, 1.54) is 0 Å². The Morgan fingerprint density at radius 2 is 2.00 bits per heavy atom. The summed E-state index contributed by atoms with van der Waals surface area (Å²) in [5.74, 6) is 0. The number of halogens is 3. The fourth-order valence-corrected chi connectivity index (χ4v) is 0.134. The quantitative estimate of drug-likeness (QED) is 0.492. The van der Waals surface area contributed by atoms with E-state index in [2.05, 4.69) is 4.65 Å². The molecule has 0 radical (unpaired) electrons. The van der Waals surface area contributed by atoms with Crippen LogP contribution in [0.2, 0.25) is 0 Å². The maximum absolute atomic E-state index is 10.9. The molecule has 0 bridgehead atoms. The molecule has 0 unspecified atom stereocenters. The lowest BCUT2D eigenvalue weighted by Gasteiger charge is -1.90. The van der Waals surface area contributed by atoms with Crippen molar-refractivity contribution in [3.63, 3.8) is 0 Å². The van der Waals surface area contributed by atoms with Gasteiger partial charge in [0.1, 0.15) is 6.67 Å². The third kappa shape index (κ3) is 5.81. The van der Waals surface area contributed by atoms with Gasteiger partial charge >= 0.3 is 7.47 Å². The van der Waals surface area contributed by atoms with E-state index in [1.54, 1.807) is 0 Å². The van der Waals surface area contributed by atoms with Crippen LogP contribution < -0.4 is 0 Å². The topological polar surface area (TPSA) is 9.23 Å². The van der Waals surface area contributed by atoms with Gasteiger partial charge in [0, 0.05) is 0 Å². The van der Waals surface area contributed by atoms with E-state index in [-0.39, 0.29) is 0 Å². The van der Waals surface area contributed by atoms with Crippen molar-refractivity contribution in [3.8, 4) is 0 Å². The van der Waals surface area contributed by atoms with Crippen molar-refractivity contribution in [2.75, 3.05) is 13.3 Å². The Morgan fingerprint density at radius 1 is 1.43 bits per heavy atom. The van der Waals surface area contributed by atoms with E-state index in [1.807, 2.05) is 0 Å². The number of hydrogen-bond donors (Lipinski definition) is 0. The molecule has 5 heteroatoms. The Morgan fingerprint density at radius 3 is 2.14 bits per heavy atom. The first kappa shape index (κ1) is 6.81. The molecule has 0 aliphatic rings. The Balaban J connectivity index is 2.68. The number of rotatable bonds is 3. The zero-order valence-corrected chi connectivity index (χ0v) is 3.53. The number of alkyl halides is 1. The first-order valence-corrected chi connectivity index (χ1v) is 1.73. The first-order valence-electron chi connectivity index (χ1n) is 1.73. The summed E-state index contributed by atoms with van der Waals surface area (Å²) in [6.07, 6.45) is 0. The van der Waals surface area contributed by atoms with Gasteiger partial charge in [-0.25, -0.2) is 4.39 Å². The highest BCUT2D eigenvalue weighted by Crippen LogP contribution is 1.86. The van der Waals surface area contributed by atoms with Crippen molar-refractivity contribution >= 4 is 7.47 Å². The Bertz CT molecular complexity index is 41.9. The largest absolute Gasteiger partial charge is 0.721 e. The van der Waals surface area contributed by atoms with E-state index in [0.717, 1.165) is 0 Å². The molecular weight excluding hydrogens is 108 g/mol. The van der Waals surface area contributed by atoms with Gasteiger partial charge in [0.15, 0.2) is 0 Å². The van der Waals surface area contributed by atoms with Crippen LogP contribution in [0.1, 0.15) is 0 Å². The molecule has 0 aliphatic heterocycles. The van der Waals surface area contributed by atoms with Gasteiger partial charge in [0.25, 0.3) is 0 Å². The average molecular weight is 112 g/mol. The normalized spacial score (nSPS) is 9.00. The van der Waals surface area contributed by atoms with Crippen LogP contribution in [0.25, 0.3) is 0 Å². The van der Waals surface area contributed by atoms with E-state index >= 15 is 0 Å². The number of hydrogen-bond acceptors (Lipinski definition) is 1. The predicted molar refractivity (Wildman–Crippen MR) is 19.9 cm³/mol. The fourth-order valence-electron chi connectivity index (χ4n) is 0.134. The molecule has 7 heavy (non-hydrogen) atoms. The summed E-state index contributed by atoms with van der Waals surface area (Å²) < 4.78 is 36.0. The molecule has 1 nitrogen and oxygen atoms in total. The molecule has 0 spiro atoms. The van der Waals surface area contributed by atoms with Gasteiger partial charge < -0.3 is 4.65 Å². The molecule has 0 saturated heterocycles. The standard InChI is InChI=1S/C2H4BF3O/c4-1-2-7-3(5)6/h1-2H2. The van der Waals surface area contributed by atoms with Gasteiger partial charge in [-0.1, -0.05) is 0 Å². The molecule has 0 atom stereocenters. The van der Waals surface area contributed by atoms with E-state index < -0.39 is 20.8 Å². The molecule has 0 aromatic heterocycles. The highest BCUT2D eigenvalue weighted by atomic mass is 19.2. The second-order valence-electron chi connectivity index (χ2n) is 0.820. The van der Waals surface area contributed by atoms with Gasteiger partial charge in [-0.15, -0.1) is 0 Å². The van der Waals surface area contributed by atoms with E-state index in [9.17, 15) is 13.0 Å². The van der Waals surface area contributed by atoms with Gasteiger partial charge in [-0.2, -0.15) is 0 Å². The van der Waals surface area contributed by atoms with Gasteiger partial charge in [-0.05, 0) is 0 Å². The lowest BCUT2D eigenvalue weighted by Crippen LogP contribution is -2.06. The molecule has 0 fully saturated rings. The van der Waals surface area contributed by atoms with Crippen molar-refractivity contribution < 1.29 is 17.7 Å². The second kappa shape index (κ2) is 3.99. The van der Waals surface area contributed by atoms with Crippen LogP contribution in [-0.4, -0.2) is 20.8 Å². The molecule has 42 valence electrons. The summed E-state index contributed by atoms with van der Waals surface area (Å²) in [4.78, 5) is 0. The minimum Gasteiger partial charge on any atom is -0.376 e. The Kier molecular flexibility index (Phi) is 3.88. The zero-order chi connectivity index (χ0) is 5.70.